The molecule has 7 heteroatoms. The van der Waals surface area contributed by atoms with E-state index in [1.54, 1.807) is 6.07 Å². The summed E-state index contributed by atoms with van der Waals surface area (Å²) in [5.74, 6) is -0.311. The van der Waals surface area contributed by atoms with E-state index in [0.29, 0.717) is 16.9 Å². The molecule has 0 radical (unpaired) electrons. The maximum Gasteiger partial charge on any atom is 0.259 e. The van der Waals surface area contributed by atoms with E-state index in [4.69, 9.17) is 5.73 Å². The number of carbonyl (C=O) groups is 1. The minimum absolute atomic E-state index is 0.311. The SMILES string of the molecule is Nc1ccncc1C(=O)Nc1c(Br)cc(Br)cc1Br. The fourth-order valence-corrected chi connectivity index (χ4v) is 3.89. The van der Waals surface area contributed by atoms with Crippen molar-refractivity contribution in [1.82, 2.24) is 4.98 Å². The third kappa shape index (κ3) is 3.34. The lowest BCUT2D eigenvalue weighted by Crippen LogP contribution is -2.15. The van der Waals surface area contributed by atoms with Crippen LogP contribution in [0.15, 0.2) is 44.0 Å². The number of benzene rings is 1. The van der Waals surface area contributed by atoms with Crippen molar-refractivity contribution in [3.05, 3.63) is 49.6 Å². The van der Waals surface area contributed by atoms with E-state index in [9.17, 15) is 4.79 Å². The number of hydrogen-bond acceptors (Lipinski definition) is 3. The van der Waals surface area contributed by atoms with Crippen molar-refractivity contribution < 1.29 is 4.79 Å². The summed E-state index contributed by atoms with van der Waals surface area (Å²) in [6.45, 7) is 0. The summed E-state index contributed by atoms with van der Waals surface area (Å²) < 4.78 is 2.40. The Bertz CT molecular complexity index is 623. The topological polar surface area (TPSA) is 68.0 Å². The molecule has 1 aromatic carbocycles. The molecule has 0 atom stereocenters. The highest BCUT2D eigenvalue weighted by atomic mass is 79.9. The third-order valence-electron chi connectivity index (χ3n) is 2.34. The number of nitrogens with two attached hydrogens (primary N) is 1. The standard InChI is InChI=1S/C12H8Br3N3O/c13-6-3-8(14)11(9(15)4-6)18-12(19)7-5-17-2-1-10(7)16/h1-5H,(H2,16,17)(H,18,19). The molecule has 0 saturated heterocycles. The molecule has 0 aliphatic heterocycles. The van der Waals surface area contributed by atoms with E-state index in [0.717, 1.165) is 13.4 Å². The molecule has 1 heterocycles. The van der Waals surface area contributed by atoms with Crippen LogP contribution in [-0.2, 0) is 0 Å². The zero-order valence-electron chi connectivity index (χ0n) is 9.45. The Balaban J connectivity index is 2.32. The smallest absolute Gasteiger partial charge is 0.259 e. The van der Waals surface area contributed by atoms with Gasteiger partial charge in [-0.05, 0) is 50.1 Å². The summed E-state index contributed by atoms with van der Waals surface area (Å²) >= 11 is 10.2. The van der Waals surface area contributed by atoms with Crippen molar-refractivity contribution >= 4 is 65.1 Å². The van der Waals surface area contributed by atoms with Gasteiger partial charge in [-0.25, -0.2) is 0 Å². The van der Waals surface area contributed by atoms with Crippen LogP contribution in [0.5, 0.6) is 0 Å². The number of amides is 1. The van der Waals surface area contributed by atoms with Crippen LogP contribution in [0.25, 0.3) is 0 Å². The van der Waals surface area contributed by atoms with Crippen LogP contribution in [0.1, 0.15) is 10.4 Å². The molecule has 4 nitrogen and oxygen atoms in total. The van der Waals surface area contributed by atoms with Gasteiger partial charge >= 0.3 is 0 Å². The lowest BCUT2D eigenvalue weighted by atomic mass is 10.2. The van der Waals surface area contributed by atoms with Crippen LogP contribution >= 0.6 is 47.8 Å². The zero-order chi connectivity index (χ0) is 14.0. The normalized spacial score (nSPS) is 10.3. The van der Waals surface area contributed by atoms with Gasteiger partial charge in [-0.3, -0.25) is 9.78 Å². The molecule has 0 unspecified atom stereocenters. The number of carbonyl (C=O) groups excluding carboxylic acids is 1. The predicted molar refractivity (Wildman–Crippen MR) is 86.1 cm³/mol. The summed E-state index contributed by atoms with van der Waals surface area (Å²) in [7, 11) is 0. The van der Waals surface area contributed by atoms with Crippen molar-refractivity contribution in [2.45, 2.75) is 0 Å². The second-order valence-electron chi connectivity index (χ2n) is 3.66. The number of anilines is 2. The molecule has 98 valence electrons. The maximum atomic E-state index is 12.1. The van der Waals surface area contributed by atoms with E-state index in [2.05, 4.69) is 58.1 Å². The van der Waals surface area contributed by atoms with E-state index in [1.807, 2.05) is 12.1 Å². The molecule has 0 bridgehead atoms. The number of nitrogens with zero attached hydrogens (tertiary/aromatic N) is 1. The van der Waals surface area contributed by atoms with Gasteiger partial charge < -0.3 is 11.1 Å². The molecule has 0 aliphatic rings. The minimum atomic E-state index is -0.311. The Morgan fingerprint density at radius 3 is 2.42 bits per heavy atom. The summed E-state index contributed by atoms with van der Waals surface area (Å²) in [5, 5.41) is 2.79. The van der Waals surface area contributed by atoms with Crippen LogP contribution in [-0.4, -0.2) is 10.9 Å². The average Bonchev–Trinajstić information content (AvgIpc) is 2.34. The molecule has 19 heavy (non-hydrogen) atoms. The van der Waals surface area contributed by atoms with Crippen molar-refractivity contribution in [3.63, 3.8) is 0 Å². The molecule has 0 saturated carbocycles. The Morgan fingerprint density at radius 1 is 1.21 bits per heavy atom. The monoisotopic (exact) mass is 447 g/mol. The molecule has 3 N–H and O–H groups in total. The molecule has 0 aliphatic carbocycles. The third-order valence-corrected chi connectivity index (χ3v) is 4.05. The summed E-state index contributed by atoms with van der Waals surface area (Å²) in [6, 6.07) is 5.26. The first-order chi connectivity index (χ1) is 8.99. The molecule has 1 amide bonds. The highest BCUT2D eigenvalue weighted by molar-refractivity contribution is 9.11. The van der Waals surface area contributed by atoms with Gasteiger partial charge in [-0.2, -0.15) is 0 Å². The predicted octanol–water partition coefficient (Wildman–Crippen LogP) is 4.20. The van der Waals surface area contributed by atoms with Gasteiger partial charge in [0.15, 0.2) is 0 Å². The van der Waals surface area contributed by atoms with Crippen LogP contribution in [0.2, 0.25) is 0 Å². The molecule has 1 aromatic heterocycles. The summed E-state index contributed by atoms with van der Waals surface area (Å²) in [6.07, 6.45) is 2.98. The fourth-order valence-electron chi connectivity index (χ4n) is 1.44. The second kappa shape index (κ2) is 6.02. The average molecular weight is 450 g/mol. The zero-order valence-corrected chi connectivity index (χ0v) is 14.2. The Kier molecular flexibility index (Phi) is 4.59. The van der Waals surface area contributed by atoms with Gasteiger partial charge in [-0.15, -0.1) is 0 Å². The molecule has 0 fully saturated rings. The quantitative estimate of drug-likeness (QED) is 0.721. The Morgan fingerprint density at radius 2 is 1.84 bits per heavy atom. The number of aromatic nitrogens is 1. The van der Waals surface area contributed by atoms with Crippen molar-refractivity contribution in [2.24, 2.45) is 0 Å². The minimum Gasteiger partial charge on any atom is -0.398 e. The molecule has 2 rings (SSSR count). The number of nitrogens with one attached hydrogen (secondary N) is 1. The number of nitrogen functional groups attached to an aromatic ring is 1. The molecular weight excluding hydrogens is 442 g/mol. The Labute approximate surface area is 135 Å². The summed E-state index contributed by atoms with van der Waals surface area (Å²) in [5.41, 5.74) is 7.10. The number of rotatable bonds is 2. The second-order valence-corrected chi connectivity index (χ2v) is 6.29. The number of halogens is 3. The fraction of sp³-hybridized carbons (Fsp3) is 0. The molecule has 2 aromatic rings. The van der Waals surface area contributed by atoms with Gasteiger partial charge in [0, 0.05) is 31.5 Å². The van der Waals surface area contributed by atoms with E-state index < -0.39 is 0 Å². The van der Waals surface area contributed by atoms with E-state index in [-0.39, 0.29) is 5.91 Å². The first-order valence-corrected chi connectivity index (χ1v) is 7.52. The summed E-state index contributed by atoms with van der Waals surface area (Å²) in [4.78, 5) is 16.0. The van der Waals surface area contributed by atoms with Crippen LogP contribution in [0, 0.1) is 0 Å². The van der Waals surface area contributed by atoms with Gasteiger partial charge in [-0.1, -0.05) is 15.9 Å². The van der Waals surface area contributed by atoms with E-state index >= 15 is 0 Å². The van der Waals surface area contributed by atoms with Gasteiger partial charge in [0.25, 0.3) is 5.91 Å². The van der Waals surface area contributed by atoms with Gasteiger partial charge in [0.05, 0.1) is 11.3 Å². The van der Waals surface area contributed by atoms with Crippen molar-refractivity contribution in [1.29, 1.82) is 0 Å². The van der Waals surface area contributed by atoms with Gasteiger partial charge in [0.1, 0.15) is 0 Å². The van der Waals surface area contributed by atoms with Gasteiger partial charge in [0.2, 0.25) is 0 Å². The van der Waals surface area contributed by atoms with Crippen LogP contribution in [0.4, 0.5) is 11.4 Å². The van der Waals surface area contributed by atoms with Crippen LogP contribution < -0.4 is 11.1 Å². The number of pyridine rings is 1. The largest absolute Gasteiger partial charge is 0.398 e. The maximum absolute atomic E-state index is 12.1. The highest BCUT2D eigenvalue weighted by Crippen LogP contribution is 2.34. The Hall–Kier alpha value is -0.920. The number of hydrogen-bond donors (Lipinski definition) is 2. The van der Waals surface area contributed by atoms with Crippen molar-refractivity contribution in [3.8, 4) is 0 Å². The lowest BCUT2D eigenvalue weighted by Gasteiger charge is -2.11. The first kappa shape index (κ1) is 14.5. The van der Waals surface area contributed by atoms with Crippen molar-refractivity contribution in [2.75, 3.05) is 11.1 Å². The molecule has 0 spiro atoms. The lowest BCUT2D eigenvalue weighted by molar-refractivity contribution is 0.102. The first-order valence-electron chi connectivity index (χ1n) is 5.14. The molecular formula is C12H8Br3N3O. The highest BCUT2D eigenvalue weighted by Gasteiger charge is 2.14. The van der Waals surface area contributed by atoms with E-state index in [1.165, 1.54) is 12.4 Å². The van der Waals surface area contributed by atoms with Crippen LogP contribution in [0.3, 0.4) is 0 Å².